The first-order chi connectivity index (χ1) is 9.81. The summed E-state index contributed by atoms with van der Waals surface area (Å²) >= 11 is 3.17. The van der Waals surface area contributed by atoms with Crippen molar-refractivity contribution < 1.29 is 18.3 Å². The monoisotopic (exact) mass is 373 g/mol. The van der Waals surface area contributed by atoms with Crippen LogP contribution in [-0.2, 0) is 16.6 Å². The Morgan fingerprint density at radius 3 is 2.76 bits per heavy atom. The number of carboxylic acids is 1. The minimum absolute atomic E-state index is 0.0102. The molecule has 0 radical (unpaired) electrons. The molecule has 0 bridgehead atoms. The molecule has 112 valence electrons. The number of aromatic nitrogens is 2. The van der Waals surface area contributed by atoms with E-state index in [-0.39, 0.29) is 17.0 Å². The Morgan fingerprint density at radius 2 is 2.19 bits per heavy atom. The first-order valence-corrected chi connectivity index (χ1v) is 8.10. The molecule has 2 rings (SSSR count). The topological polar surface area (TPSA) is 112 Å². The fraction of sp³-hybridized carbons (Fsp3) is 0.167. The maximum absolute atomic E-state index is 12.3. The number of H-pyrrole nitrogens is 1. The van der Waals surface area contributed by atoms with Crippen molar-refractivity contribution in [2.75, 3.05) is 0 Å². The number of nitrogens with one attached hydrogen (secondary N) is 2. The molecule has 0 aliphatic rings. The lowest BCUT2D eigenvalue weighted by atomic mass is 10.1. The molecule has 0 atom stereocenters. The van der Waals surface area contributed by atoms with Crippen molar-refractivity contribution in [2.45, 2.75) is 18.4 Å². The minimum atomic E-state index is -3.85. The highest BCUT2D eigenvalue weighted by molar-refractivity contribution is 9.10. The minimum Gasteiger partial charge on any atom is -0.478 e. The maximum Gasteiger partial charge on any atom is 0.335 e. The van der Waals surface area contributed by atoms with E-state index in [1.807, 2.05) is 0 Å². The van der Waals surface area contributed by atoms with Gasteiger partial charge in [-0.3, -0.25) is 0 Å². The fourth-order valence-corrected chi connectivity index (χ4v) is 3.56. The van der Waals surface area contributed by atoms with Crippen LogP contribution < -0.4 is 4.72 Å². The number of aromatic amines is 1. The molecule has 0 saturated carbocycles. The zero-order valence-corrected chi connectivity index (χ0v) is 13.3. The summed E-state index contributed by atoms with van der Waals surface area (Å²) in [6, 6.07) is 2.50. The van der Waals surface area contributed by atoms with Crippen molar-refractivity contribution in [1.29, 1.82) is 0 Å². The second-order valence-electron chi connectivity index (χ2n) is 4.25. The molecule has 0 spiro atoms. The second-order valence-corrected chi connectivity index (χ2v) is 6.84. The van der Waals surface area contributed by atoms with E-state index in [9.17, 15) is 13.2 Å². The Hall–Kier alpha value is -1.71. The van der Waals surface area contributed by atoms with Crippen molar-refractivity contribution in [3.05, 3.63) is 46.0 Å². The molecule has 0 aliphatic heterocycles. The van der Waals surface area contributed by atoms with Crippen LogP contribution >= 0.6 is 15.9 Å². The van der Waals surface area contributed by atoms with E-state index in [1.165, 1.54) is 12.3 Å². The van der Waals surface area contributed by atoms with Gasteiger partial charge in [0.15, 0.2) is 0 Å². The molecule has 1 aromatic carbocycles. The van der Waals surface area contributed by atoms with E-state index >= 15 is 0 Å². The second kappa shape index (κ2) is 5.96. The van der Waals surface area contributed by atoms with Crippen molar-refractivity contribution >= 4 is 31.9 Å². The van der Waals surface area contributed by atoms with Gasteiger partial charge in [0.2, 0.25) is 10.0 Å². The van der Waals surface area contributed by atoms with Crippen LogP contribution in [0.15, 0.2) is 33.9 Å². The summed E-state index contributed by atoms with van der Waals surface area (Å²) in [5, 5.41) is 9.02. The summed E-state index contributed by atoms with van der Waals surface area (Å²) in [5.74, 6) is -0.733. The Morgan fingerprint density at radius 1 is 1.48 bits per heavy atom. The van der Waals surface area contributed by atoms with Gasteiger partial charge in [-0.15, -0.1) is 0 Å². The zero-order chi connectivity index (χ0) is 15.6. The lowest BCUT2D eigenvalue weighted by Crippen LogP contribution is -2.25. The summed E-state index contributed by atoms with van der Waals surface area (Å²) in [7, 11) is -3.85. The zero-order valence-electron chi connectivity index (χ0n) is 10.9. The third kappa shape index (κ3) is 3.49. The fourth-order valence-electron chi connectivity index (χ4n) is 1.69. The van der Waals surface area contributed by atoms with E-state index < -0.39 is 16.0 Å². The van der Waals surface area contributed by atoms with Crippen LogP contribution in [0.5, 0.6) is 0 Å². The molecular formula is C12H12BrN3O4S. The summed E-state index contributed by atoms with van der Waals surface area (Å²) in [4.78, 5) is 17.6. The van der Waals surface area contributed by atoms with Crippen molar-refractivity contribution in [2.24, 2.45) is 0 Å². The van der Waals surface area contributed by atoms with Crippen LogP contribution in [0.25, 0.3) is 0 Å². The van der Waals surface area contributed by atoms with Gasteiger partial charge >= 0.3 is 5.97 Å². The number of nitrogens with zero attached hydrogens (tertiary/aromatic N) is 1. The summed E-state index contributed by atoms with van der Waals surface area (Å²) in [6.45, 7) is 1.58. The van der Waals surface area contributed by atoms with Gasteiger partial charge in [0, 0.05) is 16.9 Å². The first kappa shape index (κ1) is 15.7. The molecule has 9 heteroatoms. The number of hydrogen-bond donors (Lipinski definition) is 3. The van der Waals surface area contributed by atoms with Gasteiger partial charge in [-0.2, -0.15) is 0 Å². The van der Waals surface area contributed by atoms with Crippen LogP contribution in [0.1, 0.15) is 21.7 Å². The average Bonchev–Trinajstić information content (AvgIpc) is 2.92. The molecule has 0 fully saturated rings. The number of sulfonamides is 1. The standard InChI is InChI=1S/C12H12BrN3O4S/c1-7-9(13)4-8(12(17)18)5-10(7)21(19,20)16-6-11-14-2-3-15-11/h2-5,16H,6H2,1H3,(H,14,15)(H,17,18). The maximum atomic E-state index is 12.3. The molecule has 0 saturated heterocycles. The lowest BCUT2D eigenvalue weighted by Gasteiger charge is -2.11. The van der Waals surface area contributed by atoms with Crippen molar-refractivity contribution in [3.8, 4) is 0 Å². The number of aromatic carboxylic acids is 1. The Kier molecular flexibility index (Phi) is 4.45. The van der Waals surface area contributed by atoms with Crippen LogP contribution in [0.2, 0.25) is 0 Å². The molecule has 2 aromatic rings. The van der Waals surface area contributed by atoms with Gasteiger partial charge in [-0.25, -0.2) is 22.9 Å². The van der Waals surface area contributed by atoms with Gasteiger partial charge < -0.3 is 10.1 Å². The molecule has 0 amide bonds. The molecule has 7 nitrogen and oxygen atoms in total. The highest BCUT2D eigenvalue weighted by Gasteiger charge is 2.21. The molecule has 3 N–H and O–H groups in total. The Labute approximate surface area is 129 Å². The third-order valence-corrected chi connectivity index (χ3v) is 5.17. The van der Waals surface area contributed by atoms with Gasteiger partial charge in [0.05, 0.1) is 17.0 Å². The van der Waals surface area contributed by atoms with Gasteiger partial charge in [0.1, 0.15) is 5.82 Å². The summed E-state index contributed by atoms with van der Waals surface area (Å²) in [6.07, 6.45) is 3.09. The smallest absolute Gasteiger partial charge is 0.335 e. The summed E-state index contributed by atoms with van der Waals surface area (Å²) < 4.78 is 27.4. The number of rotatable bonds is 5. The molecule has 1 heterocycles. The SMILES string of the molecule is Cc1c(Br)cc(C(=O)O)cc1S(=O)(=O)NCc1ncc[nH]1. The number of imidazole rings is 1. The Balaban J connectivity index is 2.37. The predicted octanol–water partition coefficient (Wildman–Crippen LogP) is 1.66. The number of carbonyl (C=O) groups is 1. The molecule has 0 aliphatic carbocycles. The van der Waals surface area contributed by atoms with Crippen LogP contribution in [-0.4, -0.2) is 29.5 Å². The van der Waals surface area contributed by atoms with Crippen molar-refractivity contribution in [1.82, 2.24) is 14.7 Å². The highest BCUT2D eigenvalue weighted by atomic mass is 79.9. The quantitative estimate of drug-likeness (QED) is 0.737. The van der Waals surface area contributed by atoms with E-state index in [2.05, 4.69) is 30.6 Å². The van der Waals surface area contributed by atoms with E-state index in [0.717, 1.165) is 6.07 Å². The number of hydrogen-bond acceptors (Lipinski definition) is 4. The van der Waals surface area contributed by atoms with Crippen LogP contribution in [0, 0.1) is 6.92 Å². The molecule has 1 aromatic heterocycles. The highest BCUT2D eigenvalue weighted by Crippen LogP contribution is 2.25. The number of benzene rings is 1. The van der Waals surface area contributed by atoms with Gasteiger partial charge in [0.25, 0.3) is 0 Å². The first-order valence-electron chi connectivity index (χ1n) is 5.82. The predicted molar refractivity (Wildman–Crippen MR) is 78.5 cm³/mol. The van der Waals surface area contributed by atoms with Crippen LogP contribution in [0.3, 0.4) is 0 Å². The molecule has 0 unspecified atom stereocenters. The van der Waals surface area contributed by atoms with Crippen molar-refractivity contribution in [3.63, 3.8) is 0 Å². The number of halogens is 1. The van der Waals surface area contributed by atoms with E-state index in [4.69, 9.17) is 5.11 Å². The average molecular weight is 374 g/mol. The summed E-state index contributed by atoms with van der Waals surface area (Å²) in [5.41, 5.74) is 0.331. The largest absolute Gasteiger partial charge is 0.478 e. The molecule has 21 heavy (non-hydrogen) atoms. The van der Waals surface area contributed by atoms with Gasteiger partial charge in [-0.05, 0) is 24.6 Å². The number of carboxylic acid groups (broad SMARTS) is 1. The lowest BCUT2D eigenvalue weighted by molar-refractivity contribution is 0.0696. The van der Waals surface area contributed by atoms with E-state index in [0.29, 0.717) is 15.9 Å². The normalized spacial score (nSPS) is 11.5. The van der Waals surface area contributed by atoms with Gasteiger partial charge in [-0.1, -0.05) is 15.9 Å². The van der Waals surface area contributed by atoms with E-state index in [1.54, 1.807) is 13.1 Å². The third-order valence-electron chi connectivity index (χ3n) is 2.82. The van der Waals surface area contributed by atoms with Crippen LogP contribution in [0.4, 0.5) is 0 Å². The Bertz CT molecular complexity index is 772. The molecular weight excluding hydrogens is 362 g/mol.